The highest BCUT2D eigenvalue weighted by Crippen LogP contribution is 2.18. The molecule has 6 nitrogen and oxygen atoms in total. The van der Waals surface area contributed by atoms with Crippen LogP contribution >= 0.6 is 0 Å². The second kappa shape index (κ2) is 68.3. The van der Waals surface area contributed by atoms with Crippen LogP contribution in [-0.4, -0.2) is 37.2 Å². The van der Waals surface area contributed by atoms with Gasteiger partial charge in [-0.05, 0) is 77.0 Å². The maximum absolute atomic E-state index is 12.9. The minimum absolute atomic E-state index is 0.0979. The van der Waals surface area contributed by atoms with Crippen LogP contribution in [0.1, 0.15) is 361 Å². The van der Waals surface area contributed by atoms with E-state index in [0.717, 1.165) is 77.0 Å². The predicted octanol–water partition coefficient (Wildman–Crippen LogP) is 24.1. The lowest BCUT2D eigenvalue weighted by atomic mass is 10.0. The maximum Gasteiger partial charge on any atom is 0.306 e. The number of carbonyl (C=O) groups excluding carboxylic acids is 3. The Balaban J connectivity index is 4.19. The molecule has 6 heteroatoms. The van der Waals surface area contributed by atoms with Crippen molar-refractivity contribution in [1.82, 2.24) is 0 Å². The Hall–Kier alpha value is -3.15. The Morgan fingerprint density at radius 3 is 0.850 bits per heavy atom. The molecule has 0 N–H and O–H groups in total. The number of hydrogen-bond donors (Lipinski definition) is 0. The standard InChI is InChI=1S/C74H132O6/c1-4-7-10-13-16-19-22-25-27-29-31-32-33-34-35-36-37-38-39-40-41-42-43-45-46-49-52-55-58-61-64-67-73(76)79-70-71(69-78-72(75)66-63-60-57-54-51-48-24-21-18-15-12-9-6-3)80-74(77)68-65-62-59-56-53-50-47-44-30-28-26-23-20-17-14-11-8-5-2/h9,12,18,20-21,23,28,30,48,51,57,60,71H,4-8,10-11,13-17,19,22,24-27,29,31-47,49-50,52-56,58-59,61-70H2,1-3H3/b12-9-,21-18-,23-20-,30-28-,51-48-,60-57-. The zero-order valence-corrected chi connectivity index (χ0v) is 53.3. The molecule has 0 saturated carbocycles. The van der Waals surface area contributed by atoms with Crippen molar-refractivity contribution < 1.29 is 28.6 Å². The van der Waals surface area contributed by atoms with Crippen molar-refractivity contribution in [3.05, 3.63) is 72.9 Å². The van der Waals surface area contributed by atoms with Gasteiger partial charge in [0.25, 0.3) is 0 Å². The molecule has 0 bridgehead atoms. The summed E-state index contributed by atoms with van der Waals surface area (Å²) in [6.45, 7) is 6.49. The molecule has 80 heavy (non-hydrogen) atoms. The molecular formula is C74H132O6. The molecule has 0 fully saturated rings. The number of allylic oxidation sites excluding steroid dienone is 12. The number of ether oxygens (including phenoxy) is 3. The highest BCUT2D eigenvalue weighted by Gasteiger charge is 2.19. The maximum atomic E-state index is 12.9. The first-order valence-corrected chi connectivity index (χ1v) is 34.9. The Bertz CT molecular complexity index is 1470. The highest BCUT2D eigenvalue weighted by molar-refractivity contribution is 5.71. The fourth-order valence-corrected chi connectivity index (χ4v) is 10.3. The number of hydrogen-bond acceptors (Lipinski definition) is 6. The molecule has 0 saturated heterocycles. The first kappa shape index (κ1) is 76.9. The van der Waals surface area contributed by atoms with Crippen LogP contribution in [0.3, 0.4) is 0 Å². The topological polar surface area (TPSA) is 78.9 Å². The molecule has 0 aliphatic heterocycles. The van der Waals surface area contributed by atoms with Crippen LogP contribution in [0.25, 0.3) is 0 Å². The minimum Gasteiger partial charge on any atom is -0.462 e. The second-order valence-corrected chi connectivity index (χ2v) is 23.4. The second-order valence-electron chi connectivity index (χ2n) is 23.4. The van der Waals surface area contributed by atoms with Crippen molar-refractivity contribution in [1.29, 1.82) is 0 Å². The summed E-state index contributed by atoms with van der Waals surface area (Å²) in [6, 6.07) is 0. The van der Waals surface area contributed by atoms with Crippen LogP contribution in [0, 0.1) is 0 Å². The van der Waals surface area contributed by atoms with Crippen LogP contribution in [0.4, 0.5) is 0 Å². The van der Waals surface area contributed by atoms with E-state index in [-0.39, 0.29) is 37.5 Å². The number of carbonyl (C=O) groups is 3. The molecule has 0 rings (SSSR count). The lowest BCUT2D eigenvalue weighted by molar-refractivity contribution is -0.166. The summed E-state index contributed by atoms with van der Waals surface area (Å²) < 4.78 is 16.9. The average molecular weight is 1120 g/mol. The van der Waals surface area contributed by atoms with E-state index in [0.29, 0.717) is 19.3 Å². The van der Waals surface area contributed by atoms with Gasteiger partial charge in [0.2, 0.25) is 0 Å². The van der Waals surface area contributed by atoms with Crippen LogP contribution in [0.2, 0.25) is 0 Å². The molecule has 0 amide bonds. The van der Waals surface area contributed by atoms with E-state index in [2.05, 4.69) is 87.6 Å². The third kappa shape index (κ3) is 65.7. The van der Waals surface area contributed by atoms with E-state index < -0.39 is 6.10 Å². The Kier molecular flexibility index (Phi) is 65.7. The van der Waals surface area contributed by atoms with Gasteiger partial charge in [-0.3, -0.25) is 14.4 Å². The van der Waals surface area contributed by atoms with E-state index in [1.165, 1.54) is 238 Å². The van der Waals surface area contributed by atoms with E-state index in [1.54, 1.807) is 0 Å². The first-order valence-electron chi connectivity index (χ1n) is 34.9. The summed E-state index contributed by atoms with van der Waals surface area (Å²) in [4.78, 5) is 38.3. The first-order chi connectivity index (χ1) is 39.5. The van der Waals surface area contributed by atoms with E-state index in [9.17, 15) is 14.4 Å². The molecule has 464 valence electrons. The SMILES string of the molecule is CC/C=C\C/C=C\C/C=C\C/C=C\CCC(=O)OCC(COC(=O)CCCCCCCCCCCCCCCCCCCCCCCCCCCCCCCCC)OC(=O)CCCCCCCCC/C=C\C/C=C\CCCCCC. The Labute approximate surface area is 497 Å². The van der Waals surface area contributed by atoms with Crippen molar-refractivity contribution in [3.8, 4) is 0 Å². The highest BCUT2D eigenvalue weighted by atomic mass is 16.6. The summed E-state index contributed by atoms with van der Waals surface area (Å²) in [5, 5.41) is 0. The number of rotatable bonds is 64. The van der Waals surface area contributed by atoms with Gasteiger partial charge in [-0.15, -0.1) is 0 Å². The number of unbranched alkanes of at least 4 members (excludes halogenated alkanes) is 41. The van der Waals surface area contributed by atoms with Gasteiger partial charge in [-0.25, -0.2) is 0 Å². The largest absolute Gasteiger partial charge is 0.462 e. The predicted molar refractivity (Wildman–Crippen MR) is 348 cm³/mol. The normalized spacial score (nSPS) is 12.5. The molecule has 0 aliphatic rings. The van der Waals surface area contributed by atoms with Gasteiger partial charge in [0.05, 0.1) is 0 Å². The van der Waals surface area contributed by atoms with Gasteiger partial charge in [-0.1, -0.05) is 338 Å². The van der Waals surface area contributed by atoms with Gasteiger partial charge < -0.3 is 14.2 Å². The number of esters is 3. The zero-order valence-electron chi connectivity index (χ0n) is 53.3. The van der Waals surface area contributed by atoms with Gasteiger partial charge in [0.15, 0.2) is 6.10 Å². The lowest BCUT2D eigenvalue weighted by Crippen LogP contribution is -2.30. The third-order valence-electron chi connectivity index (χ3n) is 15.5. The molecule has 0 aliphatic carbocycles. The van der Waals surface area contributed by atoms with Crippen LogP contribution < -0.4 is 0 Å². The zero-order chi connectivity index (χ0) is 57.8. The van der Waals surface area contributed by atoms with Crippen molar-refractivity contribution in [2.75, 3.05) is 13.2 Å². The summed E-state index contributed by atoms with van der Waals surface area (Å²) in [7, 11) is 0. The summed E-state index contributed by atoms with van der Waals surface area (Å²) >= 11 is 0. The van der Waals surface area contributed by atoms with Crippen LogP contribution in [-0.2, 0) is 28.6 Å². The lowest BCUT2D eigenvalue weighted by Gasteiger charge is -2.18. The summed E-state index contributed by atoms with van der Waals surface area (Å²) in [5.41, 5.74) is 0. The quantitative estimate of drug-likeness (QED) is 0.0261. The van der Waals surface area contributed by atoms with E-state index in [1.807, 2.05) is 6.08 Å². The minimum atomic E-state index is -0.809. The smallest absolute Gasteiger partial charge is 0.306 e. The molecule has 0 aromatic carbocycles. The molecule has 0 radical (unpaired) electrons. The van der Waals surface area contributed by atoms with Crippen molar-refractivity contribution in [3.63, 3.8) is 0 Å². The van der Waals surface area contributed by atoms with Crippen LogP contribution in [0.5, 0.6) is 0 Å². The fraction of sp³-hybridized carbons (Fsp3) is 0.797. The fourth-order valence-electron chi connectivity index (χ4n) is 10.3. The van der Waals surface area contributed by atoms with E-state index >= 15 is 0 Å². The third-order valence-corrected chi connectivity index (χ3v) is 15.5. The van der Waals surface area contributed by atoms with Gasteiger partial charge in [0.1, 0.15) is 13.2 Å². The average Bonchev–Trinajstić information content (AvgIpc) is 3.46. The Morgan fingerprint density at radius 1 is 0.263 bits per heavy atom. The molecule has 0 aromatic rings. The molecule has 0 aromatic heterocycles. The molecule has 0 spiro atoms. The van der Waals surface area contributed by atoms with E-state index in [4.69, 9.17) is 14.2 Å². The Morgan fingerprint density at radius 2 is 0.512 bits per heavy atom. The molecule has 1 atom stereocenters. The van der Waals surface area contributed by atoms with Gasteiger partial charge in [0, 0.05) is 19.3 Å². The summed E-state index contributed by atoms with van der Waals surface area (Å²) in [5.74, 6) is -0.974. The van der Waals surface area contributed by atoms with Crippen molar-refractivity contribution in [2.24, 2.45) is 0 Å². The summed E-state index contributed by atoms with van der Waals surface area (Å²) in [6.07, 6.45) is 89.7. The van der Waals surface area contributed by atoms with Crippen molar-refractivity contribution >= 4 is 17.9 Å². The van der Waals surface area contributed by atoms with Crippen LogP contribution in [0.15, 0.2) is 72.9 Å². The monoisotopic (exact) mass is 1120 g/mol. The van der Waals surface area contributed by atoms with Gasteiger partial charge in [-0.2, -0.15) is 0 Å². The van der Waals surface area contributed by atoms with Gasteiger partial charge >= 0.3 is 17.9 Å². The van der Waals surface area contributed by atoms with Crippen molar-refractivity contribution in [2.45, 2.75) is 367 Å². The molecular weight excluding hydrogens is 985 g/mol. The molecule has 1 unspecified atom stereocenters. The molecule has 0 heterocycles.